The standard InChI is InChI=1S/C15H23N7.HI/c1-16-15(17-7-11-21-8-4-5-9-21)18-12-14-20-19-13-6-2-3-10-22(13)14;/h4-5,8-9H,2-3,6-7,10-12H2,1H3,(H2,16,17,18);1H. The number of halogens is 1. The van der Waals surface area contributed by atoms with Crippen molar-refractivity contribution >= 4 is 29.9 Å². The maximum atomic E-state index is 4.29. The molecule has 2 aromatic rings. The normalized spacial score (nSPS) is 14.0. The molecule has 8 heteroatoms. The largest absolute Gasteiger partial charge is 0.355 e. The Labute approximate surface area is 153 Å². The lowest BCUT2D eigenvalue weighted by atomic mass is 10.2. The maximum absolute atomic E-state index is 4.29. The number of aryl methyl sites for hydroxylation is 1. The summed E-state index contributed by atoms with van der Waals surface area (Å²) in [5.74, 6) is 2.89. The van der Waals surface area contributed by atoms with Crippen LogP contribution < -0.4 is 10.6 Å². The average molecular weight is 429 g/mol. The molecule has 3 rings (SSSR count). The summed E-state index contributed by atoms with van der Waals surface area (Å²) in [5.41, 5.74) is 0. The summed E-state index contributed by atoms with van der Waals surface area (Å²) in [4.78, 5) is 4.25. The zero-order valence-corrected chi connectivity index (χ0v) is 15.7. The molecule has 0 saturated heterocycles. The van der Waals surface area contributed by atoms with Gasteiger partial charge in [0, 0.05) is 45.5 Å². The molecule has 126 valence electrons. The Balaban J connectivity index is 0.00000192. The van der Waals surface area contributed by atoms with Crippen LogP contribution in [-0.2, 0) is 26.1 Å². The third-order valence-corrected chi connectivity index (χ3v) is 3.90. The van der Waals surface area contributed by atoms with Crippen LogP contribution in [-0.4, -0.2) is 38.9 Å². The number of guanidine groups is 1. The Morgan fingerprint density at radius 2 is 2.04 bits per heavy atom. The SMILES string of the molecule is CN=C(NCCn1cccc1)NCc1nnc2n1CCCC2.I. The predicted octanol–water partition coefficient (Wildman–Crippen LogP) is 1.40. The van der Waals surface area contributed by atoms with E-state index in [2.05, 4.69) is 47.4 Å². The van der Waals surface area contributed by atoms with Gasteiger partial charge in [-0.2, -0.15) is 0 Å². The van der Waals surface area contributed by atoms with Crippen LogP contribution in [0.2, 0.25) is 0 Å². The molecule has 0 fully saturated rings. The Morgan fingerprint density at radius 1 is 1.22 bits per heavy atom. The number of nitrogens with one attached hydrogen (secondary N) is 2. The highest BCUT2D eigenvalue weighted by Gasteiger charge is 2.15. The smallest absolute Gasteiger partial charge is 0.191 e. The van der Waals surface area contributed by atoms with Gasteiger partial charge in [0.05, 0.1) is 6.54 Å². The summed E-state index contributed by atoms with van der Waals surface area (Å²) in [6.45, 7) is 3.41. The predicted molar refractivity (Wildman–Crippen MR) is 101 cm³/mol. The summed E-state index contributed by atoms with van der Waals surface area (Å²) in [5, 5.41) is 15.2. The molecule has 7 nitrogen and oxygen atoms in total. The molecule has 0 aromatic carbocycles. The van der Waals surface area contributed by atoms with Crippen LogP contribution in [0, 0.1) is 0 Å². The Kier molecular flexibility index (Phi) is 6.87. The summed E-state index contributed by atoms with van der Waals surface area (Å²) in [6.07, 6.45) is 7.58. The lowest BCUT2D eigenvalue weighted by molar-refractivity contribution is 0.504. The van der Waals surface area contributed by atoms with E-state index in [1.165, 1.54) is 12.8 Å². The molecule has 0 unspecified atom stereocenters. The van der Waals surface area contributed by atoms with Gasteiger partial charge in [-0.15, -0.1) is 34.2 Å². The minimum atomic E-state index is 0. The minimum Gasteiger partial charge on any atom is -0.355 e. The van der Waals surface area contributed by atoms with Gasteiger partial charge >= 0.3 is 0 Å². The first-order valence-corrected chi connectivity index (χ1v) is 7.83. The van der Waals surface area contributed by atoms with Crippen molar-refractivity contribution in [2.24, 2.45) is 4.99 Å². The molecule has 2 N–H and O–H groups in total. The van der Waals surface area contributed by atoms with Crippen LogP contribution >= 0.6 is 24.0 Å². The van der Waals surface area contributed by atoms with Gasteiger partial charge in [-0.25, -0.2) is 0 Å². The van der Waals surface area contributed by atoms with E-state index < -0.39 is 0 Å². The van der Waals surface area contributed by atoms with Crippen LogP contribution in [0.5, 0.6) is 0 Å². The third kappa shape index (κ3) is 4.69. The molecular formula is C15H24IN7. The topological polar surface area (TPSA) is 72.1 Å². The fourth-order valence-corrected chi connectivity index (χ4v) is 2.71. The second-order valence-electron chi connectivity index (χ2n) is 5.41. The minimum absolute atomic E-state index is 0. The van der Waals surface area contributed by atoms with E-state index >= 15 is 0 Å². The second-order valence-corrected chi connectivity index (χ2v) is 5.41. The van der Waals surface area contributed by atoms with Crippen LogP contribution in [0.25, 0.3) is 0 Å². The van der Waals surface area contributed by atoms with Crippen LogP contribution in [0.1, 0.15) is 24.5 Å². The van der Waals surface area contributed by atoms with E-state index in [9.17, 15) is 0 Å². The van der Waals surface area contributed by atoms with Crippen molar-refractivity contribution in [1.29, 1.82) is 0 Å². The van der Waals surface area contributed by atoms with E-state index in [4.69, 9.17) is 0 Å². The number of aromatic nitrogens is 4. The molecule has 0 bridgehead atoms. The molecule has 0 spiro atoms. The third-order valence-electron chi connectivity index (χ3n) is 3.90. The Morgan fingerprint density at radius 3 is 2.83 bits per heavy atom. The summed E-state index contributed by atoms with van der Waals surface area (Å²) in [6, 6.07) is 4.06. The van der Waals surface area contributed by atoms with Crippen molar-refractivity contribution in [2.75, 3.05) is 13.6 Å². The summed E-state index contributed by atoms with van der Waals surface area (Å²) in [7, 11) is 1.78. The van der Waals surface area contributed by atoms with Gasteiger partial charge in [0.2, 0.25) is 0 Å². The zero-order chi connectivity index (χ0) is 15.2. The molecule has 23 heavy (non-hydrogen) atoms. The second kappa shape index (κ2) is 8.90. The molecule has 3 heterocycles. The quantitative estimate of drug-likeness (QED) is 0.428. The number of nitrogens with zero attached hydrogens (tertiary/aromatic N) is 5. The fraction of sp³-hybridized carbons (Fsp3) is 0.533. The molecule has 0 atom stereocenters. The van der Waals surface area contributed by atoms with Gasteiger partial charge in [-0.05, 0) is 25.0 Å². The van der Waals surface area contributed by atoms with Gasteiger partial charge in [0.1, 0.15) is 5.82 Å². The lowest BCUT2D eigenvalue weighted by Gasteiger charge is -2.16. The van der Waals surface area contributed by atoms with Gasteiger partial charge < -0.3 is 19.8 Å². The van der Waals surface area contributed by atoms with Crippen LogP contribution in [0.3, 0.4) is 0 Å². The maximum Gasteiger partial charge on any atom is 0.191 e. The Hall–Kier alpha value is -1.58. The van der Waals surface area contributed by atoms with E-state index in [-0.39, 0.29) is 24.0 Å². The summed E-state index contributed by atoms with van der Waals surface area (Å²) < 4.78 is 4.36. The molecule has 1 aliphatic rings. The van der Waals surface area contributed by atoms with Gasteiger partial charge in [-0.3, -0.25) is 4.99 Å². The summed E-state index contributed by atoms with van der Waals surface area (Å²) >= 11 is 0. The number of rotatable bonds is 5. The van der Waals surface area contributed by atoms with E-state index in [0.717, 1.165) is 43.7 Å². The molecule has 0 aliphatic carbocycles. The molecule has 0 amide bonds. The number of aliphatic imine (C=N–C) groups is 1. The molecular weight excluding hydrogens is 405 g/mol. The zero-order valence-electron chi connectivity index (χ0n) is 13.4. The molecule has 0 saturated carbocycles. The van der Waals surface area contributed by atoms with Crippen molar-refractivity contribution in [3.63, 3.8) is 0 Å². The van der Waals surface area contributed by atoms with E-state index in [0.29, 0.717) is 6.54 Å². The van der Waals surface area contributed by atoms with Gasteiger partial charge in [0.25, 0.3) is 0 Å². The first kappa shape index (κ1) is 17.8. The highest BCUT2D eigenvalue weighted by atomic mass is 127. The van der Waals surface area contributed by atoms with E-state index in [1.54, 1.807) is 7.05 Å². The Bertz CT molecular complexity index is 618. The highest BCUT2D eigenvalue weighted by molar-refractivity contribution is 14.0. The average Bonchev–Trinajstić information content (AvgIpc) is 3.20. The van der Waals surface area contributed by atoms with Crippen molar-refractivity contribution in [3.8, 4) is 0 Å². The van der Waals surface area contributed by atoms with Crippen LogP contribution in [0.15, 0.2) is 29.5 Å². The van der Waals surface area contributed by atoms with Gasteiger partial charge in [-0.1, -0.05) is 0 Å². The van der Waals surface area contributed by atoms with E-state index in [1.807, 2.05) is 12.1 Å². The van der Waals surface area contributed by atoms with Gasteiger partial charge in [0.15, 0.2) is 11.8 Å². The highest BCUT2D eigenvalue weighted by Crippen LogP contribution is 2.13. The van der Waals surface area contributed by atoms with Crippen molar-refractivity contribution < 1.29 is 0 Å². The number of fused-ring (bicyclic) bond motifs is 1. The molecule has 1 aliphatic heterocycles. The first-order chi connectivity index (χ1) is 10.9. The molecule has 2 aromatic heterocycles. The monoisotopic (exact) mass is 429 g/mol. The van der Waals surface area contributed by atoms with Crippen molar-refractivity contribution in [1.82, 2.24) is 30.0 Å². The number of hydrogen-bond acceptors (Lipinski definition) is 3. The van der Waals surface area contributed by atoms with Crippen LogP contribution in [0.4, 0.5) is 0 Å². The van der Waals surface area contributed by atoms with Crippen molar-refractivity contribution in [2.45, 2.75) is 38.9 Å². The lowest BCUT2D eigenvalue weighted by Crippen LogP contribution is -2.39. The van der Waals surface area contributed by atoms with Crippen molar-refractivity contribution in [3.05, 3.63) is 36.2 Å². The number of hydrogen-bond donors (Lipinski definition) is 2. The fourth-order valence-electron chi connectivity index (χ4n) is 2.71. The first-order valence-electron chi connectivity index (χ1n) is 7.83. The molecule has 0 radical (unpaired) electrons.